The highest BCUT2D eigenvalue weighted by Gasteiger charge is 2.30. The molecule has 0 saturated carbocycles. The van der Waals surface area contributed by atoms with Gasteiger partial charge < -0.3 is 14.9 Å². The maximum atomic E-state index is 10.6. The number of carboxylic acids is 1. The van der Waals surface area contributed by atoms with Crippen LogP contribution in [0.25, 0.3) is 0 Å². The highest BCUT2D eigenvalue weighted by atomic mass is 35.5. The van der Waals surface area contributed by atoms with Crippen molar-refractivity contribution in [1.29, 1.82) is 0 Å². The molecule has 0 aliphatic rings. The van der Waals surface area contributed by atoms with Crippen LogP contribution in [0.2, 0.25) is 5.02 Å². The Morgan fingerprint density at radius 1 is 1.50 bits per heavy atom. The second-order valence-corrected chi connectivity index (χ2v) is 4.07. The zero-order valence-electron chi connectivity index (χ0n) is 8.81. The molecule has 0 aromatic heterocycles. The van der Waals surface area contributed by atoms with E-state index in [4.69, 9.17) is 21.4 Å². The normalized spacial score (nSPS) is 14.4. The fraction of sp³-hybridized carbons (Fsp3) is 0.364. The average Bonchev–Trinajstić information content (AvgIpc) is 2.20. The molecule has 0 aliphatic heterocycles. The molecule has 0 saturated heterocycles. The predicted octanol–water partition coefficient (Wildman–Crippen LogP) is 1.69. The molecule has 88 valence electrons. The number of aliphatic carboxylic acids is 1. The van der Waals surface area contributed by atoms with Gasteiger partial charge in [0.2, 0.25) is 0 Å². The summed E-state index contributed by atoms with van der Waals surface area (Å²) in [5, 5.41) is 18.6. The van der Waals surface area contributed by atoms with Crippen LogP contribution in [0.1, 0.15) is 12.5 Å². The summed E-state index contributed by atoms with van der Waals surface area (Å²) in [5.41, 5.74) is -1.12. The third kappa shape index (κ3) is 3.48. The minimum Gasteiger partial charge on any atom is -0.479 e. The second-order valence-electron chi connectivity index (χ2n) is 3.66. The molecule has 1 aromatic rings. The minimum absolute atomic E-state index is 0.170. The Labute approximate surface area is 98.4 Å². The van der Waals surface area contributed by atoms with E-state index in [1.165, 1.54) is 6.92 Å². The van der Waals surface area contributed by atoms with Crippen LogP contribution in [-0.4, -0.2) is 28.4 Å². The summed E-state index contributed by atoms with van der Waals surface area (Å²) in [6, 6.07) is 7.09. The third-order valence-corrected chi connectivity index (χ3v) is 2.43. The molecular formula is C11H13ClO4. The molecule has 5 heteroatoms. The van der Waals surface area contributed by atoms with Gasteiger partial charge in [0.15, 0.2) is 5.60 Å². The first-order chi connectivity index (χ1) is 7.43. The lowest BCUT2D eigenvalue weighted by molar-refractivity contribution is -0.163. The molecule has 0 heterocycles. The molecule has 1 atom stereocenters. The van der Waals surface area contributed by atoms with E-state index in [-0.39, 0.29) is 13.2 Å². The Morgan fingerprint density at radius 3 is 2.69 bits per heavy atom. The third-order valence-electron chi connectivity index (χ3n) is 2.06. The summed E-state index contributed by atoms with van der Waals surface area (Å²) in [6.45, 7) is 1.07. The van der Waals surface area contributed by atoms with Crippen molar-refractivity contribution in [3.8, 4) is 0 Å². The molecule has 0 fully saturated rings. The van der Waals surface area contributed by atoms with E-state index in [0.29, 0.717) is 5.02 Å². The van der Waals surface area contributed by atoms with Gasteiger partial charge in [-0.2, -0.15) is 0 Å². The fourth-order valence-electron chi connectivity index (χ4n) is 1.04. The molecule has 0 radical (unpaired) electrons. The van der Waals surface area contributed by atoms with Crippen LogP contribution in [0.3, 0.4) is 0 Å². The minimum atomic E-state index is -1.87. The van der Waals surface area contributed by atoms with Gasteiger partial charge in [-0.3, -0.25) is 0 Å². The highest BCUT2D eigenvalue weighted by molar-refractivity contribution is 6.31. The number of ether oxygens (including phenoxy) is 1. The number of carboxylic acid groups (broad SMARTS) is 1. The molecule has 0 aliphatic carbocycles. The van der Waals surface area contributed by atoms with Gasteiger partial charge in [-0.1, -0.05) is 29.8 Å². The highest BCUT2D eigenvalue weighted by Crippen LogP contribution is 2.16. The van der Waals surface area contributed by atoms with Crippen molar-refractivity contribution in [2.75, 3.05) is 6.61 Å². The van der Waals surface area contributed by atoms with Gasteiger partial charge in [0, 0.05) is 5.02 Å². The monoisotopic (exact) mass is 244 g/mol. The number of rotatable bonds is 5. The molecule has 4 nitrogen and oxygen atoms in total. The maximum Gasteiger partial charge on any atom is 0.337 e. The molecule has 16 heavy (non-hydrogen) atoms. The topological polar surface area (TPSA) is 66.8 Å². The number of aliphatic hydroxyl groups is 1. The Kier molecular flexibility index (Phi) is 4.29. The first kappa shape index (κ1) is 13.0. The first-order valence-electron chi connectivity index (χ1n) is 4.70. The summed E-state index contributed by atoms with van der Waals surface area (Å²) in [4.78, 5) is 10.6. The van der Waals surface area contributed by atoms with Crippen LogP contribution in [0.4, 0.5) is 0 Å². The van der Waals surface area contributed by atoms with Crippen molar-refractivity contribution in [2.45, 2.75) is 19.1 Å². The van der Waals surface area contributed by atoms with Gasteiger partial charge in [-0.25, -0.2) is 4.79 Å². The van der Waals surface area contributed by atoms with Crippen molar-refractivity contribution in [3.05, 3.63) is 34.9 Å². The van der Waals surface area contributed by atoms with Crippen molar-refractivity contribution < 1.29 is 19.7 Å². The fourth-order valence-corrected chi connectivity index (χ4v) is 1.23. The Morgan fingerprint density at radius 2 is 2.12 bits per heavy atom. The van der Waals surface area contributed by atoms with Crippen molar-refractivity contribution in [2.24, 2.45) is 0 Å². The molecule has 1 rings (SSSR count). The van der Waals surface area contributed by atoms with E-state index in [0.717, 1.165) is 5.56 Å². The van der Waals surface area contributed by atoms with Gasteiger partial charge in [-0.15, -0.1) is 0 Å². The van der Waals surface area contributed by atoms with E-state index >= 15 is 0 Å². The smallest absolute Gasteiger partial charge is 0.337 e. The number of benzene rings is 1. The van der Waals surface area contributed by atoms with Crippen LogP contribution in [-0.2, 0) is 16.1 Å². The Hall–Kier alpha value is -1.10. The van der Waals surface area contributed by atoms with Crippen molar-refractivity contribution in [3.63, 3.8) is 0 Å². The standard InChI is InChI=1S/C11H13ClO4/c1-11(15,10(13)14)7-16-6-8-4-2-3-5-9(8)12/h2-5,15H,6-7H2,1H3,(H,13,14). The zero-order chi connectivity index (χ0) is 12.2. The van der Waals surface area contributed by atoms with Crippen LogP contribution in [0, 0.1) is 0 Å². The SMILES string of the molecule is CC(O)(COCc1ccccc1Cl)C(=O)O. The van der Waals surface area contributed by atoms with Crippen molar-refractivity contribution in [1.82, 2.24) is 0 Å². The Bertz CT molecular complexity index is 376. The van der Waals surface area contributed by atoms with E-state index in [1.807, 2.05) is 0 Å². The predicted molar refractivity (Wildman–Crippen MR) is 59.4 cm³/mol. The second kappa shape index (κ2) is 5.30. The summed E-state index contributed by atoms with van der Waals surface area (Å²) < 4.78 is 5.11. The van der Waals surface area contributed by atoms with Gasteiger partial charge in [0.05, 0.1) is 13.2 Å². The van der Waals surface area contributed by atoms with Gasteiger partial charge in [0.25, 0.3) is 0 Å². The average molecular weight is 245 g/mol. The molecule has 2 N–H and O–H groups in total. The summed E-state index contributed by atoms with van der Waals surface area (Å²) in [5.74, 6) is -1.31. The number of carbonyl (C=O) groups is 1. The van der Waals surface area contributed by atoms with E-state index in [9.17, 15) is 9.90 Å². The lowest BCUT2D eigenvalue weighted by Crippen LogP contribution is -2.39. The van der Waals surface area contributed by atoms with Gasteiger partial charge >= 0.3 is 5.97 Å². The molecule has 1 aromatic carbocycles. The van der Waals surface area contributed by atoms with Crippen LogP contribution < -0.4 is 0 Å². The maximum absolute atomic E-state index is 10.6. The lowest BCUT2D eigenvalue weighted by atomic mass is 10.1. The zero-order valence-corrected chi connectivity index (χ0v) is 9.57. The molecular weight excluding hydrogens is 232 g/mol. The largest absolute Gasteiger partial charge is 0.479 e. The lowest BCUT2D eigenvalue weighted by Gasteiger charge is -2.17. The van der Waals surface area contributed by atoms with E-state index < -0.39 is 11.6 Å². The number of halogens is 1. The molecule has 0 amide bonds. The van der Waals surface area contributed by atoms with E-state index in [2.05, 4.69) is 0 Å². The number of hydrogen-bond donors (Lipinski definition) is 2. The summed E-state index contributed by atoms with van der Waals surface area (Å²) >= 11 is 5.88. The Balaban J connectivity index is 2.48. The molecule has 0 spiro atoms. The van der Waals surface area contributed by atoms with Crippen LogP contribution in [0.15, 0.2) is 24.3 Å². The van der Waals surface area contributed by atoms with Gasteiger partial charge in [-0.05, 0) is 18.6 Å². The number of hydrogen-bond acceptors (Lipinski definition) is 3. The van der Waals surface area contributed by atoms with Crippen molar-refractivity contribution >= 4 is 17.6 Å². The first-order valence-corrected chi connectivity index (χ1v) is 5.08. The summed E-state index contributed by atoms with van der Waals surface area (Å²) in [7, 11) is 0. The molecule has 0 bridgehead atoms. The van der Waals surface area contributed by atoms with Crippen LogP contribution >= 0.6 is 11.6 Å². The van der Waals surface area contributed by atoms with E-state index in [1.54, 1.807) is 24.3 Å². The summed E-state index contributed by atoms with van der Waals surface area (Å²) in [6.07, 6.45) is 0. The molecule has 1 unspecified atom stereocenters. The van der Waals surface area contributed by atoms with Gasteiger partial charge in [0.1, 0.15) is 0 Å². The quantitative estimate of drug-likeness (QED) is 0.827. The van der Waals surface area contributed by atoms with Crippen LogP contribution in [0.5, 0.6) is 0 Å².